The number of allylic oxidation sites excluding steroid dienone is 1. The fourth-order valence-corrected chi connectivity index (χ4v) is 2.17. The summed E-state index contributed by atoms with van der Waals surface area (Å²) in [7, 11) is 0. The summed E-state index contributed by atoms with van der Waals surface area (Å²) in [5.74, 6) is 0. The molecule has 7 nitrogen and oxygen atoms in total. The number of anilines is 2. The van der Waals surface area contributed by atoms with Crippen LogP contribution in [0.2, 0.25) is 0 Å². The average molecular weight is 299 g/mol. The second-order valence-electron chi connectivity index (χ2n) is 4.42. The molecule has 2 aromatic carbocycles. The Bertz CT molecular complexity index is 716. The Labute approximate surface area is 126 Å². The molecule has 2 rings (SSSR count). The first kappa shape index (κ1) is 15.2. The van der Waals surface area contributed by atoms with Crippen LogP contribution in [0.4, 0.5) is 17.1 Å². The van der Waals surface area contributed by atoms with E-state index in [0.29, 0.717) is 10.6 Å². The Morgan fingerprint density at radius 3 is 2.27 bits per heavy atom. The lowest BCUT2D eigenvalue weighted by atomic mass is 10.1. The van der Waals surface area contributed by atoms with Gasteiger partial charge < -0.3 is 0 Å². The molecule has 0 heterocycles. The molecule has 0 bridgehead atoms. The molecule has 0 atom stereocenters. The van der Waals surface area contributed by atoms with Crippen LogP contribution in [0.5, 0.6) is 0 Å². The van der Waals surface area contributed by atoms with Crippen molar-refractivity contribution in [3.05, 3.63) is 87.0 Å². The molecule has 0 unspecified atom stereocenters. The van der Waals surface area contributed by atoms with Crippen molar-refractivity contribution in [2.45, 2.75) is 6.42 Å². The molecule has 0 N–H and O–H groups in total. The van der Waals surface area contributed by atoms with Gasteiger partial charge in [0.05, 0.1) is 4.92 Å². The zero-order chi connectivity index (χ0) is 16.1. The number of nitrogens with zero attached hydrogens (tertiary/aromatic N) is 3. The molecule has 0 spiro atoms. The smallest absolute Gasteiger partial charge is 0.258 e. The van der Waals surface area contributed by atoms with Gasteiger partial charge in [-0.05, 0) is 24.6 Å². The van der Waals surface area contributed by atoms with Crippen molar-refractivity contribution in [3.8, 4) is 0 Å². The first-order valence-electron chi connectivity index (χ1n) is 6.43. The Kier molecular flexibility index (Phi) is 4.47. The Morgan fingerprint density at radius 2 is 1.73 bits per heavy atom. The van der Waals surface area contributed by atoms with Crippen LogP contribution < -0.4 is 5.01 Å². The van der Waals surface area contributed by atoms with E-state index in [2.05, 4.69) is 6.58 Å². The fourth-order valence-electron chi connectivity index (χ4n) is 2.17. The highest BCUT2D eigenvalue weighted by Gasteiger charge is 2.30. The van der Waals surface area contributed by atoms with E-state index in [9.17, 15) is 20.2 Å². The highest BCUT2D eigenvalue weighted by molar-refractivity contribution is 5.72. The molecule has 0 amide bonds. The van der Waals surface area contributed by atoms with Gasteiger partial charge in [-0.15, -0.1) is 6.58 Å². The number of hydrogen-bond acceptors (Lipinski definition) is 4. The molecular weight excluding hydrogens is 286 g/mol. The summed E-state index contributed by atoms with van der Waals surface area (Å²) in [6.07, 6.45) is 1.77. The summed E-state index contributed by atoms with van der Waals surface area (Å²) >= 11 is 0. The van der Waals surface area contributed by atoms with Crippen molar-refractivity contribution >= 4 is 17.1 Å². The van der Waals surface area contributed by atoms with E-state index in [0.717, 1.165) is 0 Å². The third-order valence-electron chi connectivity index (χ3n) is 3.04. The summed E-state index contributed by atoms with van der Waals surface area (Å²) in [5.41, 5.74) is 0.245. The largest absolute Gasteiger partial charge is 0.302 e. The van der Waals surface area contributed by atoms with Crippen LogP contribution in [0.3, 0.4) is 0 Å². The van der Waals surface area contributed by atoms with E-state index in [-0.39, 0.29) is 23.5 Å². The van der Waals surface area contributed by atoms with Gasteiger partial charge in [0.15, 0.2) is 10.7 Å². The van der Waals surface area contributed by atoms with Crippen molar-refractivity contribution in [2.24, 2.45) is 0 Å². The molecular formula is C15H13N3O4. The summed E-state index contributed by atoms with van der Waals surface area (Å²) in [5, 5.41) is 22.9. The zero-order valence-electron chi connectivity index (χ0n) is 11.6. The van der Waals surface area contributed by atoms with Crippen LogP contribution >= 0.6 is 0 Å². The molecule has 0 aliphatic carbocycles. The van der Waals surface area contributed by atoms with Crippen LogP contribution in [0.15, 0.2) is 61.2 Å². The van der Waals surface area contributed by atoms with Gasteiger partial charge in [-0.1, -0.05) is 41.4 Å². The van der Waals surface area contributed by atoms with Crippen LogP contribution in [0.1, 0.15) is 5.56 Å². The molecule has 22 heavy (non-hydrogen) atoms. The van der Waals surface area contributed by atoms with Gasteiger partial charge in [-0.2, -0.15) is 0 Å². The maximum absolute atomic E-state index is 11.4. The van der Waals surface area contributed by atoms with Crippen LogP contribution in [0.25, 0.3) is 0 Å². The molecule has 112 valence electrons. The predicted octanol–water partition coefficient (Wildman–Crippen LogP) is 3.65. The van der Waals surface area contributed by atoms with Crippen LogP contribution in [0, 0.1) is 20.2 Å². The van der Waals surface area contributed by atoms with Crippen molar-refractivity contribution in [2.75, 3.05) is 5.01 Å². The molecule has 0 fully saturated rings. The number of rotatable bonds is 6. The molecule has 0 aliphatic rings. The fraction of sp³-hybridized carbons (Fsp3) is 0.0667. The third kappa shape index (κ3) is 2.93. The summed E-state index contributed by atoms with van der Waals surface area (Å²) in [4.78, 5) is 22.2. The van der Waals surface area contributed by atoms with Gasteiger partial charge in [0, 0.05) is 5.56 Å². The standard InChI is InChI=1S/C15H13N3O4/c1-2-7-12-8-6-11-14(15(12)17(19)20)16(18(21)22)13-9-4-3-5-10-13/h2-6,8-11H,1,7H2. The van der Waals surface area contributed by atoms with Crippen molar-refractivity contribution in [3.63, 3.8) is 0 Å². The molecule has 2 aromatic rings. The second kappa shape index (κ2) is 6.49. The number of nitro benzene ring substituents is 1. The first-order chi connectivity index (χ1) is 10.6. The lowest BCUT2D eigenvalue weighted by Crippen LogP contribution is -2.25. The van der Waals surface area contributed by atoms with Gasteiger partial charge in [-0.3, -0.25) is 10.1 Å². The van der Waals surface area contributed by atoms with Gasteiger partial charge in [0.2, 0.25) is 0 Å². The number of hydrogen-bond donors (Lipinski definition) is 0. The van der Waals surface area contributed by atoms with Gasteiger partial charge in [0.1, 0.15) is 5.69 Å². The minimum absolute atomic E-state index is 0.0828. The Hall–Kier alpha value is -3.22. The molecule has 0 aliphatic heterocycles. The first-order valence-corrected chi connectivity index (χ1v) is 6.43. The van der Waals surface area contributed by atoms with Crippen molar-refractivity contribution in [1.29, 1.82) is 0 Å². The number of benzene rings is 2. The molecule has 0 radical (unpaired) electrons. The summed E-state index contributed by atoms with van der Waals surface area (Å²) < 4.78 is 0. The lowest BCUT2D eigenvalue weighted by molar-refractivity contribution is -0.484. The molecule has 0 aromatic heterocycles. The second-order valence-corrected chi connectivity index (χ2v) is 4.42. The summed E-state index contributed by atoms with van der Waals surface area (Å²) in [6.45, 7) is 3.55. The normalized spacial score (nSPS) is 10.0. The number of hydrazine groups is 1. The van der Waals surface area contributed by atoms with Crippen molar-refractivity contribution in [1.82, 2.24) is 0 Å². The lowest BCUT2D eigenvalue weighted by Gasteiger charge is -2.15. The zero-order valence-corrected chi connectivity index (χ0v) is 11.6. The predicted molar refractivity (Wildman–Crippen MR) is 82.6 cm³/mol. The van der Waals surface area contributed by atoms with E-state index in [1.54, 1.807) is 30.3 Å². The van der Waals surface area contributed by atoms with E-state index >= 15 is 0 Å². The Morgan fingerprint density at radius 1 is 1.05 bits per heavy atom. The number of nitro groups is 2. The highest BCUT2D eigenvalue weighted by Crippen LogP contribution is 2.36. The van der Waals surface area contributed by atoms with Crippen molar-refractivity contribution < 1.29 is 9.96 Å². The van der Waals surface area contributed by atoms with E-state index in [1.807, 2.05) is 0 Å². The molecule has 0 saturated carbocycles. The van der Waals surface area contributed by atoms with Crippen LogP contribution in [-0.4, -0.2) is 9.96 Å². The SMILES string of the molecule is C=CCc1cccc(N(c2ccccc2)[N+](=O)[O-])c1[N+](=O)[O-]. The van der Waals surface area contributed by atoms with Gasteiger partial charge in [0.25, 0.3) is 0 Å². The highest BCUT2D eigenvalue weighted by atomic mass is 16.7. The molecule has 7 heteroatoms. The average Bonchev–Trinajstić information content (AvgIpc) is 2.48. The van der Waals surface area contributed by atoms with E-state index in [1.165, 1.54) is 24.3 Å². The van der Waals surface area contributed by atoms with Gasteiger partial charge >= 0.3 is 5.69 Å². The quantitative estimate of drug-likeness (QED) is 0.461. The number of para-hydroxylation sites is 2. The maximum atomic E-state index is 11.4. The topological polar surface area (TPSA) is 89.5 Å². The minimum Gasteiger partial charge on any atom is -0.258 e. The monoisotopic (exact) mass is 299 g/mol. The van der Waals surface area contributed by atoms with Crippen LogP contribution in [-0.2, 0) is 6.42 Å². The Balaban J connectivity index is 2.67. The van der Waals surface area contributed by atoms with E-state index < -0.39 is 9.96 Å². The molecule has 0 saturated heterocycles. The third-order valence-corrected chi connectivity index (χ3v) is 3.04. The van der Waals surface area contributed by atoms with Gasteiger partial charge in [-0.25, -0.2) is 10.1 Å². The summed E-state index contributed by atoms with van der Waals surface area (Å²) in [6, 6.07) is 12.5. The minimum atomic E-state index is -0.671. The van der Waals surface area contributed by atoms with E-state index in [4.69, 9.17) is 0 Å². The maximum Gasteiger partial charge on any atom is 0.302 e.